The molecule has 2 aromatic rings. The molecule has 5 nitrogen and oxygen atoms in total. The van der Waals surface area contributed by atoms with Gasteiger partial charge < -0.3 is 19.5 Å². The summed E-state index contributed by atoms with van der Waals surface area (Å²) in [7, 11) is 4.22. The first kappa shape index (κ1) is 16.6. The zero-order chi connectivity index (χ0) is 16.9. The van der Waals surface area contributed by atoms with Gasteiger partial charge in [0, 0.05) is 30.4 Å². The Hall–Kier alpha value is -2.27. The predicted octanol–water partition coefficient (Wildman–Crippen LogP) is 3.89. The highest BCUT2D eigenvalue weighted by molar-refractivity contribution is 5.89. The number of nitrogens with zero attached hydrogens (tertiary/aromatic N) is 2. The van der Waals surface area contributed by atoms with E-state index in [-0.39, 0.29) is 6.03 Å². The van der Waals surface area contributed by atoms with Crippen LogP contribution in [-0.4, -0.2) is 49.1 Å². The van der Waals surface area contributed by atoms with Gasteiger partial charge in [-0.15, -0.1) is 0 Å². The molecule has 1 aromatic carbocycles. The Morgan fingerprint density at radius 3 is 2.62 bits per heavy atom. The van der Waals surface area contributed by atoms with Gasteiger partial charge in [0.05, 0.1) is 6.26 Å². The highest BCUT2D eigenvalue weighted by Gasteiger charge is 2.21. The van der Waals surface area contributed by atoms with E-state index < -0.39 is 0 Å². The lowest BCUT2D eigenvalue weighted by molar-refractivity contribution is 0.210. The van der Waals surface area contributed by atoms with Gasteiger partial charge >= 0.3 is 6.03 Å². The Bertz CT molecular complexity index is 650. The molecule has 0 spiro atoms. The fraction of sp³-hybridized carbons (Fsp3) is 0.421. The first-order chi connectivity index (χ1) is 11.6. The zero-order valence-electron chi connectivity index (χ0n) is 14.4. The van der Waals surface area contributed by atoms with Crippen molar-refractivity contribution < 1.29 is 9.21 Å². The number of rotatable bonds is 3. The lowest BCUT2D eigenvalue weighted by atomic mass is 10.1. The van der Waals surface area contributed by atoms with Crippen molar-refractivity contribution in [2.24, 2.45) is 0 Å². The Morgan fingerprint density at radius 2 is 1.96 bits per heavy atom. The molecule has 3 rings (SSSR count). The molecule has 1 aromatic heterocycles. The maximum absolute atomic E-state index is 12.5. The van der Waals surface area contributed by atoms with Crippen molar-refractivity contribution in [1.82, 2.24) is 9.80 Å². The fourth-order valence-electron chi connectivity index (χ4n) is 3.16. The van der Waals surface area contributed by atoms with Crippen LogP contribution in [0.4, 0.5) is 10.5 Å². The first-order valence-electron chi connectivity index (χ1n) is 8.50. The summed E-state index contributed by atoms with van der Waals surface area (Å²) in [6.45, 7) is 1.62. The average molecular weight is 327 g/mol. The molecule has 1 aliphatic heterocycles. The van der Waals surface area contributed by atoms with Gasteiger partial charge in [-0.1, -0.05) is 0 Å². The first-order valence-corrected chi connectivity index (χ1v) is 8.50. The van der Waals surface area contributed by atoms with E-state index >= 15 is 0 Å². The minimum atomic E-state index is -0.0137. The van der Waals surface area contributed by atoms with Crippen LogP contribution in [0.15, 0.2) is 47.1 Å². The quantitative estimate of drug-likeness (QED) is 0.930. The molecule has 128 valence electrons. The Labute approximate surface area is 143 Å². The Balaban J connectivity index is 1.58. The summed E-state index contributed by atoms with van der Waals surface area (Å²) in [5.74, 6) is 0.829. The zero-order valence-corrected chi connectivity index (χ0v) is 14.4. The molecule has 0 radical (unpaired) electrons. The third-order valence-electron chi connectivity index (χ3n) is 4.66. The van der Waals surface area contributed by atoms with Crippen molar-refractivity contribution in [3.63, 3.8) is 0 Å². The molecule has 0 unspecified atom stereocenters. The van der Waals surface area contributed by atoms with E-state index in [1.54, 1.807) is 6.26 Å². The van der Waals surface area contributed by atoms with Gasteiger partial charge in [0.25, 0.3) is 0 Å². The van der Waals surface area contributed by atoms with Crippen LogP contribution >= 0.6 is 0 Å². The number of benzene rings is 1. The second-order valence-electron chi connectivity index (χ2n) is 6.52. The topological polar surface area (TPSA) is 48.7 Å². The predicted molar refractivity (Wildman–Crippen MR) is 96.1 cm³/mol. The molecule has 1 atom stereocenters. The molecule has 1 saturated heterocycles. The van der Waals surface area contributed by atoms with Gasteiger partial charge in [-0.05, 0) is 69.8 Å². The number of hydrogen-bond donors (Lipinski definition) is 1. The van der Waals surface area contributed by atoms with Gasteiger partial charge in [-0.25, -0.2) is 4.79 Å². The molecule has 1 N–H and O–H groups in total. The summed E-state index contributed by atoms with van der Waals surface area (Å²) in [4.78, 5) is 16.7. The second kappa shape index (κ2) is 7.53. The van der Waals surface area contributed by atoms with Crippen molar-refractivity contribution in [2.75, 3.05) is 32.5 Å². The summed E-state index contributed by atoms with van der Waals surface area (Å²) in [6, 6.07) is 12.1. The number of nitrogens with one attached hydrogen (secondary N) is 1. The number of furan rings is 1. The number of likely N-dealkylation sites (tertiary alicyclic amines) is 1. The number of carbonyl (C=O) groups is 1. The van der Waals surface area contributed by atoms with Crippen molar-refractivity contribution in [2.45, 2.75) is 25.3 Å². The summed E-state index contributed by atoms with van der Waals surface area (Å²) < 4.78 is 5.38. The number of amides is 2. The molecule has 5 heteroatoms. The smallest absolute Gasteiger partial charge is 0.321 e. The molecule has 1 aliphatic rings. The highest BCUT2D eigenvalue weighted by Crippen LogP contribution is 2.22. The van der Waals surface area contributed by atoms with E-state index in [1.165, 1.54) is 0 Å². The second-order valence-corrected chi connectivity index (χ2v) is 6.52. The van der Waals surface area contributed by atoms with Gasteiger partial charge in [-0.2, -0.15) is 0 Å². The molecule has 0 aliphatic carbocycles. The third kappa shape index (κ3) is 3.97. The summed E-state index contributed by atoms with van der Waals surface area (Å²) in [6.07, 6.45) is 4.88. The van der Waals surface area contributed by atoms with E-state index in [4.69, 9.17) is 4.42 Å². The standard InChI is InChI=1S/C19H25N3O2/c1-21(2)17-5-3-12-22(13-11-17)19(23)20-16-9-7-15(8-10-16)18-6-4-14-24-18/h4,6-10,14,17H,3,5,11-13H2,1-2H3,(H,20,23)/t17-/m0/s1. The van der Waals surface area contributed by atoms with E-state index in [2.05, 4.69) is 24.3 Å². The van der Waals surface area contributed by atoms with Crippen LogP contribution in [-0.2, 0) is 0 Å². The van der Waals surface area contributed by atoms with Gasteiger partial charge in [-0.3, -0.25) is 0 Å². The van der Waals surface area contributed by atoms with E-state index in [0.29, 0.717) is 6.04 Å². The van der Waals surface area contributed by atoms with Crippen LogP contribution in [0.3, 0.4) is 0 Å². The van der Waals surface area contributed by atoms with Crippen LogP contribution in [0.5, 0.6) is 0 Å². The number of urea groups is 1. The van der Waals surface area contributed by atoms with Crippen molar-refractivity contribution in [3.8, 4) is 11.3 Å². The van der Waals surface area contributed by atoms with Crippen LogP contribution in [0.1, 0.15) is 19.3 Å². The van der Waals surface area contributed by atoms with Crippen LogP contribution in [0.2, 0.25) is 0 Å². The minimum Gasteiger partial charge on any atom is -0.464 e. The molecule has 0 bridgehead atoms. The largest absolute Gasteiger partial charge is 0.464 e. The van der Waals surface area contributed by atoms with Gasteiger partial charge in [0.15, 0.2) is 0 Å². The molecule has 0 saturated carbocycles. The Kier molecular flexibility index (Phi) is 5.20. The van der Waals surface area contributed by atoms with E-state index in [1.807, 2.05) is 41.3 Å². The lowest BCUT2D eigenvalue weighted by Gasteiger charge is -2.23. The monoisotopic (exact) mass is 327 g/mol. The van der Waals surface area contributed by atoms with Crippen molar-refractivity contribution in [3.05, 3.63) is 42.7 Å². The number of carbonyl (C=O) groups excluding carboxylic acids is 1. The van der Waals surface area contributed by atoms with Crippen LogP contribution in [0.25, 0.3) is 11.3 Å². The molecule has 24 heavy (non-hydrogen) atoms. The fourth-order valence-corrected chi connectivity index (χ4v) is 3.16. The molecule has 1 fully saturated rings. The minimum absolute atomic E-state index is 0.0137. The third-order valence-corrected chi connectivity index (χ3v) is 4.66. The summed E-state index contributed by atoms with van der Waals surface area (Å²) in [5.41, 5.74) is 1.81. The maximum atomic E-state index is 12.5. The van der Waals surface area contributed by atoms with Crippen LogP contribution < -0.4 is 5.32 Å². The van der Waals surface area contributed by atoms with Crippen molar-refractivity contribution >= 4 is 11.7 Å². The average Bonchev–Trinajstić information content (AvgIpc) is 2.99. The molecular weight excluding hydrogens is 302 g/mol. The summed E-state index contributed by atoms with van der Waals surface area (Å²) >= 11 is 0. The van der Waals surface area contributed by atoms with E-state index in [9.17, 15) is 4.79 Å². The maximum Gasteiger partial charge on any atom is 0.321 e. The molecular formula is C19H25N3O2. The Morgan fingerprint density at radius 1 is 1.17 bits per heavy atom. The summed E-state index contributed by atoms with van der Waals surface area (Å²) in [5, 5.41) is 3.00. The number of hydrogen-bond acceptors (Lipinski definition) is 3. The van der Waals surface area contributed by atoms with Gasteiger partial charge in [0.2, 0.25) is 0 Å². The van der Waals surface area contributed by atoms with E-state index in [0.717, 1.165) is 49.4 Å². The lowest BCUT2D eigenvalue weighted by Crippen LogP contribution is -2.36. The number of anilines is 1. The molecule has 2 amide bonds. The van der Waals surface area contributed by atoms with Gasteiger partial charge in [0.1, 0.15) is 5.76 Å². The van der Waals surface area contributed by atoms with Crippen LogP contribution in [0, 0.1) is 0 Å². The SMILES string of the molecule is CN(C)[C@H]1CCCN(C(=O)Nc2ccc(-c3ccco3)cc2)CC1. The molecule has 2 heterocycles. The van der Waals surface area contributed by atoms with Crippen molar-refractivity contribution in [1.29, 1.82) is 0 Å². The normalized spacial score (nSPS) is 18.5. The highest BCUT2D eigenvalue weighted by atomic mass is 16.3.